The number of benzene rings is 2. The second kappa shape index (κ2) is 5.80. The molecule has 0 aliphatic heterocycles. The van der Waals surface area contributed by atoms with Crippen molar-refractivity contribution in [2.75, 3.05) is 11.9 Å². The number of aliphatic hydroxyl groups is 1. The van der Waals surface area contributed by atoms with Gasteiger partial charge in [0.15, 0.2) is 0 Å². The van der Waals surface area contributed by atoms with Gasteiger partial charge in [-0.25, -0.2) is 0 Å². The van der Waals surface area contributed by atoms with E-state index in [9.17, 15) is 0 Å². The molecule has 0 aliphatic rings. The Hall–Kier alpha value is -2.26. The average molecular weight is 266 g/mol. The summed E-state index contributed by atoms with van der Waals surface area (Å²) in [5.41, 5.74) is 4.69. The molecule has 3 aromatic rings. The first-order valence-electron chi connectivity index (χ1n) is 6.85. The smallest absolute Gasteiger partial charge is 0.0471 e. The minimum Gasteiger partial charge on any atom is -0.396 e. The van der Waals surface area contributed by atoms with E-state index in [4.69, 9.17) is 5.11 Å². The summed E-state index contributed by atoms with van der Waals surface area (Å²) in [5, 5.41) is 13.5. The number of fused-ring (bicyclic) bond motifs is 1. The molecule has 1 aromatic heterocycles. The standard InChI is InChI=1S/C17H18N2O/c20-10-8-13-1-4-16(5-2-13)19-12-14-3-6-17-15(11-14)7-9-18-17/h1-7,9,11,18-20H,8,10,12H2. The topological polar surface area (TPSA) is 48.0 Å². The molecule has 0 saturated heterocycles. The van der Waals surface area contributed by atoms with Crippen LogP contribution in [0.1, 0.15) is 11.1 Å². The SMILES string of the molecule is OCCc1ccc(NCc2ccc3[nH]ccc3c2)cc1. The summed E-state index contributed by atoms with van der Waals surface area (Å²) >= 11 is 0. The zero-order chi connectivity index (χ0) is 13.8. The van der Waals surface area contributed by atoms with E-state index in [0.717, 1.165) is 17.8 Å². The number of hydrogen-bond acceptors (Lipinski definition) is 2. The Morgan fingerprint density at radius 3 is 2.55 bits per heavy atom. The predicted octanol–water partition coefficient (Wildman–Crippen LogP) is 3.31. The molecule has 3 heteroatoms. The van der Waals surface area contributed by atoms with Crippen LogP contribution in [0.2, 0.25) is 0 Å². The van der Waals surface area contributed by atoms with Gasteiger partial charge in [-0.2, -0.15) is 0 Å². The molecule has 20 heavy (non-hydrogen) atoms. The van der Waals surface area contributed by atoms with Crippen LogP contribution in [-0.2, 0) is 13.0 Å². The lowest BCUT2D eigenvalue weighted by Gasteiger charge is -2.08. The lowest BCUT2D eigenvalue weighted by atomic mass is 10.1. The molecule has 1 heterocycles. The Kier molecular flexibility index (Phi) is 3.70. The van der Waals surface area contributed by atoms with Crippen molar-refractivity contribution in [3.8, 4) is 0 Å². The number of aromatic nitrogens is 1. The zero-order valence-corrected chi connectivity index (χ0v) is 11.3. The average Bonchev–Trinajstić information content (AvgIpc) is 2.94. The fourth-order valence-electron chi connectivity index (χ4n) is 2.34. The Morgan fingerprint density at radius 2 is 1.75 bits per heavy atom. The molecule has 102 valence electrons. The van der Waals surface area contributed by atoms with Gasteiger partial charge in [0.25, 0.3) is 0 Å². The van der Waals surface area contributed by atoms with Crippen LogP contribution in [0.4, 0.5) is 5.69 Å². The van der Waals surface area contributed by atoms with Crippen molar-refractivity contribution < 1.29 is 5.11 Å². The molecule has 0 fully saturated rings. The summed E-state index contributed by atoms with van der Waals surface area (Å²) in [4.78, 5) is 3.20. The minimum absolute atomic E-state index is 0.198. The van der Waals surface area contributed by atoms with Crippen molar-refractivity contribution in [1.29, 1.82) is 0 Å². The van der Waals surface area contributed by atoms with Gasteiger partial charge in [-0.3, -0.25) is 0 Å². The van der Waals surface area contributed by atoms with E-state index in [2.05, 4.69) is 46.7 Å². The zero-order valence-electron chi connectivity index (χ0n) is 11.3. The van der Waals surface area contributed by atoms with Crippen molar-refractivity contribution in [3.63, 3.8) is 0 Å². The lowest BCUT2D eigenvalue weighted by molar-refractivity contribution is 0.299. The Balaban J connectivity index is 1.66. The van der Waals surface area contributed by atoms with Gasteiger partial charge < -0.3 is 15.4 Å². The molecule has 3 rings (SSSR count). The highest BCUT2D eigenvalue weighted by atomic mass is 16.2. The largest absolute Gasteiger partial charge is 0.396 e. The third-order valence-electron chi connectivity index (χ3n) is 3.47. The summed E-state index contributed by atoms with van der Waals surface area (Å²) in [7, 11) is 0. The van der Waals surface area contributed by atoms with E-state index in [-0.39, 0.29) is 6.61 Å². The lowest BCUT2D eigenvalue weighted by Crippen LogP contribution is -1.99. The first-order valence-corrected chi connectivity index (χ1v) is 6.85. The fraction of sp³-hybridized carbons (Fsp3) is 0.176. The van der Waals surface area contributed by atoms with Crippen molar-refractivity contribution in [2.45, 2.75) is 13.0 Å². The second-order valence-electron chi connectivity index (χ2n) is 4.92. The third-order valence-corrected chi connectivity index (χ3v) is 3.47. The van der Waals surface area contributed by atoms with Crippen molar-refractivity contribution >= 4 is 16.6 Å². The number of aliphatic hydroxyl groups excluding tert-OH is 1. The first-order chi connectivity index (χ1) is 9.85. The van der Waals surface area contributed by atoms with Crippen LogP contribution in [0.25, 0.3) is 10.9 Å². The molecular weight excluding hydrogens is 248 g/mol. The molecule has 0 bridgehead atoms. The number of aromatic amines is 1. The summed E-state index contributed by atoms with van der Waals surface area (Å²) in [6.07, 6.45) is 2.67. The van der Waals surface area contributed by atoms with Crippen LogP contribution in [0.3, 0.4) is 0 Å². The molecule has 0 radical (unpaired) electrons. The predicted molar refractivity (Wildman–Crippen MR) is 82.9 cm³/mol. The fourth-order valence-corrected chi connectivity index (χ4v) is 2.34. The van der Waals surface area contributed by atoms with E-state index in [1.165, 1.54) is 16.5 Å². The minimum atomic E-state index is 0.198. The monoisotopic (exact) mass is 266 g/mol. The summed E-state index contributed by atoms with van der Waals surface area (Å²) in [5.74, 6) is 0. The van der Waals surface area contributed by atoms with Crippen LogP contribution in [0.15, 0.2) is 54.7 Å². The van der Waals surface area contributed by atoms with Crippen molar-refractivity contribution in [2.24, 2.45) is 0 Å². The van der Waals surface area contributed by atoms with Crippen LogP contribution in [-0.4, -0.2) is 16.7 Å². The summed E-state index contributed by atoms with van der Waals surface area (Å²) in [6.45, 7) is 1.00. The molecule has 2 aromatic carbocycles. The molecule has 3 nitrogen and oxygen atoms in total. The highest BCUT2D eigenvalue weighted by molar-refractivity contribution is 5.79. The van der Waals surface area contributed by atoms with Gasteiger partial charge in [0, 0.05) is 30.6 Å². The van der Waals surface area contributed by atoms with Gasteiger partial charge in [-0.15, -0.1) is 0 Å². The van der Waals surface area contributed by atoms with Gasteiger partial charge in [-0.1, -0.05) is 18.2 Å². The summed E-state index contributed by atoms with van der Waals surface area (Å²) < 4.78 is 0. The number of rotatable bonds is 5. The molecule has 0 amide bonds. The van der Waals surface area contributed by atoms with Gasteiger partial charge in [0.1, 0.15) is 0 Å². The number of H-pyrrole nitrogens is 1. The van der Waals surface area contributed by atoms with E-state index in [1.54, 1.807) is 0 Å². The van der Waals surface area contributed by atoms with Gasteiger partial charge in [0.05, 0.1) is 0 Å². The highest BCUT2D eigenvalue weighted by Gasteiger charge is 1.98. The van der Waals surface area contributed by atoms with E-state index in [1.807, 2.05) is 18.3 Å². The normalized spacial score (nSPS) is 10.8. The third kappa shape index (κ3) is 2.83. The number of anilines is 1. The maximum atomic E-state index is 8.89. The van der Waals surface area contributed by atoms with E-state index < -0.39 is 0 Å². The molecule has 0 aliphatic carbocycles. The summed E-state index contributed by atoms with van der Waals surface area (Å²) in [6, 6.07) is 16.7. The Bertz CT molecular complexity index is 686. The van der Waals surface area contributed by atoms with Crippen LogP contribution in [0, 0.1) is 0 Å². The number of hydrogen-bond donors (Lipinski definition) is 3. The maximum absolute atomic E-state index is 8.89. The van der Waals surface area contributed by atoms with Gasteiger partial charge >= 0.3 is 0 Å². The van der Waals surface area contributed by atoms with E-state index >= 15 is 0 Å². The van der Waals surface area contributed by atoms with Crippen LogP contribution >= 0.6 is 0 Å². The van der Waals surface area contributed by atoms with Crippen LogP contribution in [0.5, 0.6) is 0 Å². The maximum Gasteiger partial charge on any atom is 0.0471 e. The van der Waals surface area contributed by atoms with Gasteiger partial charge in [-0.05, 0) is 53.3 Å². The molecule has 0 saturated carbocycles. The number of nitrogens with one attached hydrogen (secondary N) is 2. The first kappa shape index (κ1) is 12.8. The molecule has 3 N–H and O–H groups in total. The molecule has 0 unspecified atom stereocenters. The van der Waals surface area contributed by atoms with E-state index in [0.29, 0.717) is 6.42 Å². The molecule has 0 spiro atoms. The highest BCUT2D eigenvalue weighted by Crippen LogP contribution is 2.16. The quantitative estimate of drug-likeness (QED) is 0.663. The molecular formula is C17H18N2O. The van der Waals surface area contributed by atoms with Crippen molar-refractivity contribution in [1.82, 2.24) is 4.98 Å². The van der Waals surface area contributed by atoms with Crippen LogP contribution < -0.4 is 5.32 Å². The van der Waals surface area contributed by atoms with Crippen molar-refractivity contribution in [3.05, 3.63) is 65.9 Å². The Labute approximate surface area is 118 Å². The second-order valence-corrected chi connectivity index (χ2v) is 4.92. The van der Waals surface area contributed by atoms with Gasteiger partial charge in [0.2, 0.25) is 0 Å². The Morgan fingerprint density at radius 1 is 0.950 bits per heavy atom. The molecule has 0 atom stereocenters.